The van der Waals surface area contributed by atoms with Gasteiger partial charge in [0.1, 0.15) is 0 Å². The number of aromatic amines is 1. The summed E-state index contributed by atoms with van der Waals surface area (Å²) in [6, 6.07) is 7.50. The molecule has 0 bridgehead atoms. The van der Waals surface area contributed by atoms with Crippen LogP contribution >= 0.6 is 0 Å². The second kappa shape index (κ2) is 4.58. The molecule has 5 nitrogen and oxygen atoms in total. The van der Waals surface area contributed by atoms with Crippen LogP contribution in [0.15, 0.2) is 24.4 Å². The number of ether oxygens (including phenoxy) is 1. The third-order valence-electron chi connectivity index (χ3n) is 2.51. The smallest absolute Gasteiger partial charge is 0.404 e. The molecule has 3 N–H and O–H groups in total. The van der Waals surface area contributed by atoms with Crippen molar-refractivity contribution in [1.29, 1.82) is 5.26 Å². The lowest BCUT2D eigenvalue weighted by Gasteiger charge is -2.00. The molecule has 1 aromatic carbocycles. The minimum Gasteiger partial charge on any atom is -0.449 e. The maximum atomic E-state index is 10.4. The van der Waals surface area contributed by atoms with Gasteiger partial charge >= 0.3 is 6.09 Å². The van der Waals surface area contributed by atoms with Gasteiger partial charge in [0, 0.05) is 23.5 Å². The first-order chi connectivity index (χ1) is 8.20. The highest BCUT2D eigenvalue weighted by atomic mass is 16.5. The van der Waals surface area contributed by atoms with Crippen LogP contribution in [0.1, 0.15) is 11.1 Å². The average Bonchev–Trinajstić information content (AvgIpc) is 2.71. The Morgan fingerprint density at radius 2 is 2.35 bits per heavy atom. The van der Waals surface area contributed by atoms with Crippen molar-refractivity contribution in [2.75, 3.05) is 6.61 Å². The van der Waals surface area contributed by atoms with Gasteiger partial charge in [0.05, 0.1) is 18.2 Å². The Bertz CT molecular complexity index is 595. The minimum absolute atomic E-state index is 0.252. The summed E-state index contributed by atoms with van der Waals surface area (Å²) in [6.45, 7) is 0.252. The van der Waals surface area contributed by atoms with Crippen molar-refractivity contribution in [3.63, 3.8) is 0 Å². The summed E-state index contributed by atoms with van der Waals surface area (Å²) in [5.74, 6) is 0. The zero-order valence-electron chi connectivity index (χ0n) is 9.06. The second-order valence-electron chi connectivity index (χ2n) is 3.60. The van der Waals surface area contributed by atoms with Crippen LogP contribution in [0.3, 0.4) is 0 Å². The van der Waals surface area contributed by atoms with Gasteiger partial charge in [-0.2, -0.15) is 5.26 Å². The van der Waals surface area contributed by atoms with Crippen LogP contribution in [0.4, 0.5) is 4.79 Å². The lowest BCUT2D eigenvalue weighted by molar-refractivity contribution is 0.158. The van der Waals surface area contributed by atoms with Crippen molar-refractivity contribution < 1.29 is 9.53 Å². The first-order valence-corrected chi connectivity index (χ1v) is 5.13. The third kappa shape index (κ3) is 2.37. The van der Waals surface area contributed by atoms with Crippen molar-refractivity contribution in [2.24, 2.45) is 5.73 Å². The molecule has 0 spiro atoms. The highest BCUT2D eigenvalue weighted by Gasteiger charge is 2.05. The van der Waals surface area contributed by atoms with E-state index in [1.54, 1.807) is 12.1 Å². The number of carbonyl (C=O) groups is 1. The van der Waals surface area contributed by atoms with Gasteiger partial charge in [-0.15, -0.1) is 0 Å². The van der Waals surface area contributed by atoms with E-state index in [-0.39, 0.29) is 6.61 Å². The van der Waals surface area contributed by atoms with Gasteiger partial charge in [-0.25, -0.2) is 4.79 Å². The first-order valence-electron chi connectivity index (χ1n) is 5.13. The third-order valence-corrected chi connectivity index (χ3v) is 2.51. The van der Waals surface area contributed by atoms with E-state index in [2.05, 4.69) is 15.8 Å². The fourth-order valence-corrected chi connectivity index (χ4v) is 1.72. The van der Waals surface area contributed by atoms with E-state index >= 15 is 0 Å². The predicted molar refractivity (Wildman–Crippen MR) is 62.3 cm³/mol. The molecule has 5 heteroatoms. The quantitative estimate of drug-likeness (QED) is 0.838. The highest BCUT2D eigenvalue weighted by Crippen LogP contribution is 2.19. The monoisotopic (exact) mass is 229 g/mol. The number of benzene rings is 1. The molecule has 1 heterocycles. The number of nitriles is 1. The highest BCUT2D eigenvalue weighted by molar-refractivity contribution is 5.84. The van der Waals surface area contributed by atoms with E-state index < -0.39 is 6.09 Å². The summed E-state index contributed by atoms with van der Waals surface area (Å²) in [4.78, 5) is 13.5. The number of fused-ring (bicyclic) bond motifs is 1. The lowest BCUT2D eigenvalue weighted by atomic mass is 10.1. The number of carbonyl (C=O) groups excluding carboxylic acids is 1. The van der Waals surface area contributed by atoms with E-state index in [0.717, 1.165) is 16.5 Å². The number of hydrogen-bond acceptors (Lipinski definition) is 3. The molecule has 0 fully saturated rings. The predicted octanol–water partition coefficient (Wildman–Crippen LogP) is 1.68. The van der Waals surface area contributed by atoms with Crippen molar-refractivity contribution in [3.8, 4) is 6.07 Å². The number of hydrogen-bond donors (Lipinski definition) is 2. The number of amides is 1. The number of nitrogens with one attached hydrogen (secondary N) is 1. The molecule has 0 radical (unpaired) electrons. The van der Waals surface area contributed by atoms with E-state index in [9.17, 15) is 4.79 Å². The van der Waals surface area contributed by atoms with Crippen LogP contribution in [0, 0.1) is 11.3 Å². The average molecular weight is 229 g/mol. The number of primary amides is 1. The minimum atomic E-state index is -0.767. The second-order valence-corrected chi connectivity index (χ2v) is 3.60. The molecule has 2 rings (SSSR count). The Kier molecular flexibility index (Phi) is 2.97. The molecule has 1 amide bonds. The van der Waals surface area contributed by atoms with E-state index in [1.807, 2.05) is 12.3 Å². The number of H-pyrrole nitrogens is 1. The summed E-state index contributed by atoms with van der Waals surface area (Å²) >= 11 is 0. The van der Waals surface area contributed by atoms with Gasteiger partial charge in [0.25, 0.3) is 0 Å². The van der Waals surface area contributed by atoms with Crippen LogP contribution in [0.5, 0.6) is 0 Å². The molecular weight excluding hydrogens is 218 g/mol. The number of nitrogens with zero attached hydrogens (tertiary/aromatic N) is 1. The van der Waals surface area contributed by atoms with E-state index in [0.29, 0.717) is 12.0 Å². The fourth-order valence-electron chi connectivity index (χ4n) is 1.72. The molecule has 1 aromatic heterocycles. The van der Waals surface area contributed by atoms with Gasteiger partial charge in [0.15, 0.2) is 0 Å². The molecule has 86 valence electrons. The molecule has 0 atom stereocenters. The fraction of sp³-hybridized carbons (Fsp3) is 0.167. The topological polar surface area (TPSA) is 91.9 Å². The Balaban J connectivity index is 2.19. The molecule has 0 saturated heterocycles. The standard InChI is InChI=1S/C12H11N3O2/c13-6-8-1-2-10-9(3-4-17-12(14)16)7-15-11(10)5-8/h1-2,5,7,15H,3-4H2,(H2,14,16). The normalized spacial score (nSPS) is 10.1. The van der Waals surface area contributed by atoms with Gasteiger partial charge in [-0.3, -0.25) is 0 Å². The van der Waals surface area contributed by atoms with Gasteiger partial charge in [-0.1, -0.05) is 6.07 Å². The molecule has 2 aromatic rings. The van der Waals surface area contributed by atoms with Crippen molar-refractivity contribution in [2.45, 2.75) is 6.42 Å². The van der Waals surface area contributed by atoms with Crippen LogP contribution in [0.2, 0.25) is 0 Å². The Hall–Kier alpha value is -2.48. The SMILES string of the molecule is N#Cc1ccc2c(CCOC(N)=O)c[nH]c2c1. The maximum Gasteiger partial charge on any atom is 0.404 e. The molecule has 0 aliphatic heterocycles. The maximum absolute atomic E-state index is 10.4. The zero-order valence-corrected chi connectivity index (χ0v) is 9.06. The Labute approximate surface area is 97.8 Å². The molecule has 0 saturated carbocycles. The first kappa shape index (κ1) is 11.0. The molecular formula is C12H11N3O2. The van der Waals surface area contributed by atoms with Crippen molar-refractivity contribution >= 4 is 17.0 Å². The molecule has 0 aliphatic carbocycles. The zero-order chi connectivity index (χ0) is 12.3. The Morgan fingerprint density at radius 3 is 3.06 bits per heavy atom. The van der Waals surface area contributed by atoms with Crippen LogP contribution in [-0.4, -0.2) is 17.7 Å². The van der Waals surface area contributed by atoms with Gasteiger partial charge in [0.2, 0.25) is 0 Å². The molecule has 0 aliphatic rings. The summed E-state index contributed by atoms with van der Waals surface area (Å²) in [6.07, 6.45) is 1.67. The summed E-state index contributed by atoms with van der Waals surface area (Å²) in [5.41, 5.74) is 7.42. The summed E-state index contributed by atoms with van der Waals surface area (Å²) < 4.78 is 4.68. The van der Waals surface area contributed by atoms with E-state index in [4.69, 9.17) is 11.0 Å². The largest absolute Gasteiger partial charge is 0.449 e. The molecule has 17 heavy (non-hydrogen) atoms. The number of rotatable bonds is 3. The molecule has 0 unspecified atom stereocenters. The van der Waals surface area contributed by atoms with Crippen LogP contribution < -0.4 is 5.73 Å². The van der Waals surface area contributed by atoms with E-state index in [1.165, 1.54) is 0 Å². The lowest BCUT2D eigenvalue weighted by Crippen LogP contribution is -2.14. The van der Waals surface area contributed by atoms with Gasteiger partial charge in [-0.05, 0) is 17.7 Å². The number of aromatic nitrogens is 1. The number of nitrogens with two attached hydrogens (primary N) is 1. The Morgan fingerprint density at radius 1 is 1.53 bits per heavy atom. The van der Waals surface area contributed by atoms with Crippen molar-refractivity contribution in [1.82, 2.24) is 4.98 Å². The summed E-state index contributed by atoms with van der Waals surface area (Å²) in [7, 11) is 0. The van der Waals surface area contributed by atoms with Crippen LogP contribution in [-0.2, 0) is 11.2 Å². The van der Waals surface area contributed by atoms with Crippen LogP contribution in [0.25, 0.3) is 10.9 Å². The van der Waals surface area contributed by atoms with Gasteiger partial charge < -0.3 is 15.5 Å². The summed E-state index contributed by atoms with van der Waals surface area (Å²) in [5, 5.41) is 9.80. The van der Waals surface area contributed by atoms with Crippen molar-refractivity contribution in [3.05, 3.63) is 35.5 Å².